The van der Waals surface area contributed by atoms with Crippen molar-refractivity contribution in [3.8, 4) is 17.6 Å². The molecule has 3 rings (SSSR count). The lowest BCUT2D eigenvalue weighted by atomic mass is 9.92. The van der Waals surface area contributed by atoms with Gasteiger partial charge in [0.05, 0.1) is 25.7 Å². The lowest BCUT2D eigenvalue weighted by Crippen LogP contribution is -2.06. The van der Waals surface area contributed by atoms with Gasteiger partial charge < -0.3 is 9.47 Å². The average molecular weight is 279 g/mol. The Balaban J connectivity index is 1.98. The fourth-order valence-electron chi connectivity index (χ4n) is 2.94. The van der Waals surface area contributed by atoms with Crippen LogP contribution in [0.25, 0.3) is 0 Å². The van der Waals surface area contributed by atoms with Gasteiger partial charge in [0.1, 0.15) is 11.5 Å². The Morgan fingerprint density at radius 3 is 2.19 bits per heavy atom. The molecule has 0 heterocycles. The first-order chi connectivity index (χ1) is 10.2. The van der Waals surface area contributed by atoms with Crippen molar-refractivity contribution in [1.82, 2.24) is 0 Å². The van der Waals surface area contributed by atoms with E-state index in [2.05, 4.69) is 6.07 Å². The zero-order valence-electron chi connectivity index (χ0n) is 12.2. The van der Waals surface area contributed by atoms with Crippen molar-refractivity contribution in [1.29, 1.82) is 5.26 Å². The van der Waals surface area contributed by atoms with E-state index in [1.807, 2.05) is 48.5 Å². The van der Waals surface area contributed by atoms with E-state index < -0.39 is 5.41 Å². The van der Waals surface area contributed by atoms with E-state index in [1.165, 1.54) is 0 Å². The second-order valence-electron chi connectivity index (χ2n) is 5.35. The van der Waals surface area contributed by atoms with Gasteiger partial charge in [-0.25, -0.2) is 0 Å². The van der Waals surface area contributed by atoms with Gasteiger partial charge in [-0.2, -0.15) is 5.26 Å². The van der Waals surface area contributed by atoms with Gasteiger partial charge in [0.15, 0.2) is 0 Å². The molecule has 0 bridgehead atoms. The van der Waals surface area contributed by atoms with Crippen LogP contribution >= 0.6 is 0 Å². The van der Waals surface area contributed by atoms with Gasteiger partial charge in [0, 0.05) is 12.0 Å². The van der Waals surface area contributed by atoms with E-state index in [0.717, 1.165) is 29.0 Å². The number of nitriles is 1. The number of hydrogen-bond acceptors (Lipinski definition) is 3. The first-order valence-corrected chi connectivity index (χ1v) is 6.93. The molecule has 0 spiro atoms. The summed E-state index contributed by atoms with van der Waals surface area (Å²) in [5.74, 6) is 1.71. The van der Waals surface area contributed by atoms with Crippen LogP contribution in [-0.4, -0.2) is 14.2 Å². The van der Waals surface area contributed by atoms with E-state index >= 15 is 0 Å². The molecular formula is C18H17NO2. The highest BCUT2D eigenvalue weighted by Crippen LogP contribution is 2.60. The number of benzene rings is 2. The van der Waals surface area contributed by atoms with Crippen LogP contribution in [0.4, 0.5) is 0 Å². The Kier molecular flexibility index (Phi) is 3.31. The molecule has 0 saturated heterocycles. The summed E-state index contributed by atoms with van der Waals surface area (Å²) in [7, 11) is 3.28. The molecule has 2 atom stereocenters. The molecule has 2 aromatic carbocycles. The molecule has 0 amide bonds. The highest BCUT2D eigenvalue weighted by Gasteiger charge is 2.57. The molecule has 1 aliphatic rings. The van der Waals surface area contributed by atoms with Gasteiger partial charge in [0.25, 0.3) is 0 Å². The summed E-state index contributed by atoms with van der Waals surface area (Å²) in [5, 5.41) is 9.68. The minimum atomic E-state index is -0.418. The molecular weight excluding hydrogens is 262 g/mol. The van der Waals surface area contributed by atoms with E-state index in [1.54, 1.807) is 14.2 Å². The SMILES string of the molecule is COc1cc(OC)cc([C@H]2C[C@]2(C#N)c2ccccc2)c1. The molecule has 3 heteroatoms. The first kappa shape index (κ1) is 13.5. The van der Waals surface area contributed by atoms with Crippen LogP contribution in [0.1, 0.15) is 23.5 Å². The number of hydrogen-bond donors (Lipinski definition) is 0. The standard InChI is InChI=1S/C18H17NO2/c1-20-15-8-13(9-16(10-15)21-2)17-11-18(17,12-19)14-6-4-3-5-7-14/h3-10,17H,11H2,1-2H3/t17-,18+/m1/s1. The van der Waals surface area contributed by atoms with Crippen LogP contribution in [0, 0.1) is 11.3 Å². The maximum atomic E-state index is 9.68. The Bertz CT molecular complexity index is 668. The molecule has 106 valence electrons. The fourth-order valence-corrected chi connectivity index (χ4v) is 2.94. The average Bonchev–Trinajstić information content (AvgIpc) is 3.31. The van der Waals surface area contributed by atoms with Crippen molar-refractivity contribution in [3.63, 3.8) is 0 Å². The Morgan fingerprint density at radius 1 is 1.05 bits per heavy atom. The summed E-state index contributed by atoms with van der Waals surface area (Å²) < 4.78 is 10.6. The van der Waals surface area contributed by atoms with Crippen LogP contribution in [0.15, 0.2) is 48.5 Å². The van der Waals surface area contributed by atoms with E-state index in [4.69, 9.17) is 9.47 Å². The maximum absolute atomic E-state index is 9.68. The Hall–Kier alpha value is -2.47. The second-order valence-corrected chi connectivity index (χ2v) is 5.35. The summed E-state index contributed by atoms with van der Waals surface area (Å²) in [6.07, 6.45) is 0.837. The van der Waals surface area contributed by atoms with Crippen molar-refractivity contribution < 1.29 is 9.47 Å². The molecule has 1 saturated carbocycles. The Labute approximate surface area is 124 Å². The number of ether oxygens (including phenoxy) is 2. The normalized spacial score (nSPS) is 23.2. The van der Waals surface area contributed by atoms with Crippen LogP contribution in [0.5, 0.6) is 11.5 Å². The van der Waals surface area contributed by atoms with Crippen molar-refractivity contribution >= 4 is 0 Å². The maximum Gasteiger partial charge on any atom is 0.122 e. The third kappa shape index (κ3) is 2.23. The van der Waals surface area contributed by atoms with Gasteiger partial charge in [-0.15, -0.1) is 0 Å². The fraction of sp³-hybridized carbons (Fsp3) is 0.278. The molecule has 0 aliphatic heterocycles. The monoisotopic (exact) mass is 279 g/mol. The van der Waals surface area contributed by atoms with E-state index in [0.29, 0.717) is 0 Å². The van der Waals surface area contributed by atoms with Crippen LogP contribution in [0.2, 0.25) is 0 Å². The molecule has 0 aromatic heterocycles. The summed E-state index contributed by atoms with van der Waals surface area (Å²) in [6, 6.07) is 18.3. The van der Waals surface area contributed by atoms with Crippen molar-refractivity contribution in [2.24, 2.45) is 0 Å². The van der Waals surface area contributed by atoms with Crippen molar-refractivity contribution in [2.45, 2.75) is 17.8 Å². The smallest absolute Gasteiger partial charge is 0.122 e. The predicted octanol–water partition coefficient (Wildman–Crippen LogP) is 3.65. The number of nitrogens with zero attached hydrogens (tertiary/aromatic N) is 1. The highest BCUT2D eigenvalue weighted by atomic mass is 16.5. The minimum Gasteiger partial charge on any atom is -0.497 e. The third-order valence-electron chi connectivity index (χ3n) is 4.23. The van der Waals surface area contributed by atoms with Gasteiger partial charge in [-0.05, 0) is 29.7 Å². The highest BCUT2D eigenvalue weighted by molar-refractivity contribution is 5.52. The quantitative estimate of drug-likeness (QED) is 0.857. The van der Waals surface area contributed by atoms with E-state index in [9.17, 15) is 5.26 Å². The van der Waals surface area contributed by atoms with Gasteiger partial charge >= 0.3 is 0 Å². The second kappa shape index (κ2) is 5.14. The van der Waals surface area contributed by atoms with E-state index in [-0.39, 0.29) is 5.92 Å². The third-order valence-corrected chi connectivity index (χ3v) is 4.23. The topological polar surface area (TPSA) is 42.2 Å². The lowest BCUT2D eigenvalue weighted by molar-refractivity contribution is 0.393. The molecule has 0 unspecified atom stereocenters. The zero-order valence-corrected chi connectivity index (χ0v) is 12.2. The molecule has 2 aromatic rings. The number of methoxy groups -OCH3 is 2. The van der Waals surface area contributed by atoms with Crippen LogP contribution < -0.4 is 9.47 Å². The largest absolute Gasteiger partial charge is 0.497 e. The molecule has 1 fully saturated rings. The molecule has 3 nitrogen and oxygen atoms in total. The van der Waals surface area contributed by atoms with Crippen LogP contribution in [-0.2, 0) is 5.41 Å². The zero-order chi connectivity index (χ0) is 14.9. The van der Waals surface area contributed by atoms with Crippen LogP contribution in [0.3, 0.4) is 0 Å². The minimum absolute atomic E-state index is 0.189. The summed E-state index contributed by atoms with van der Waals surface area (Å²) in [6.45, 7) is 0. The first-order valence-electron chi connectivity index (χ1n) is 6.93. The van der Waals surface area contributed by atoms with Gasteiger partial charge in [-0.1, -0.05) is 30.3 Å². The molecule has 1 aliphatic carbocycles. The summed E-state index contributed by atoms with van der Waals surface area (Å²) >= 11 is 0. The van der Waals surface area contributed by atoms with Gasteiger partial charge in [-0.3, -0.25) is 0 Å². The molecule has 0 N–H and O–H groups in total. The van der Waals surface area contributed by atoms with Gasteiger partial charge in [0.2, 0.25) is 0 Å². The number of rotatable bonds is 4. The summed E-state index contributed by atoms with van der Waals surface area (Å²) in [5.41, 5.74) is 1.76. The van der Waals surface area contributed by atoms with Crippen molar-refractivity contribution in [2.75, 3.05) is 14.2 Å². The van der Waals surface area contributed by atoms with Crippen molar-refractivity contribution in [3.05, 3.63) is 59.7 Å². The Morgan fingerprint density at radius 2 is 1.67 bits per heavy atom. The lowest BCUT2D eigenvalue weighted by Gasteiger charge is -2.11. The molecule has 21 heavy (non-hydrogen) atoms. The predicted molar refractivity (Wildman–Crippen MR) is 80.6 cm³/mol. The molecule has 0 radical (unpaired) electrons. The summed E-state index contributed by atoms with van der Waals surface area (Å²) in [4.78, 5) is 0.